The summed E-state index contributed by atoms with van der Waals surface area (Å²) >= 11 is 1.65. The van der Waals surface area contributed by atoms with Crippen molar-refractivity contribution in [3.8, 4) is 11.5 Å². The molecule has 0 spiro atoms. The van der Waals surface area contributed by atoms with E-state index in [1.165, 1.54) is 0 Å². The van der Waals surface area contributed by atoms with Crippen molar-refractivity contribution in [3.63, 3.8) is 0 Å². The maximum Gasteiger partial charge on any atom is 0.122 e. The first-order valence-electron chi connectivity index (χ1n) is 5.26. The van der Waals surface area contributed by atoms with Crippen molar-refractivity contribution in [1.29, 1.82) is 0 Å². The molecule has 0 unspecified atom stereocenters. The van der Waals surface area contributed by atoms with Crippen molar-refractivity contribution < 1.29 is 9.47 Å². The van der Waals surface area contributed by atoms with E-state index in [9.17, 15) is 0 Å². The van der Waals surface area contributed by atoms with Crippen LogP contribution in [0, 0.1) is 0 Å². The zero-order valence-corrected chi connectivity index (χ0v) is 10.7. The number of nitrogens with two attached hydrogens (primary N) is 1. The first-order valence-corrected chi connectivity index (χ1v) is 6.14. The normalized spacial score (nSPS) is 12.2. The predicted molar refractivity (Wildman–Crippen MR) is 69.9 cm³/mol. The summed E-state index contributed by atoms with van der Waals surface area (Å²) in [7, 11) is 3.27. The van der Waals surface area contributed by atoms with Gasteiger partial charge in [-0.05, 0) is 29.1 Å². The third kappa shape index (κ3) is 2.60. The highest BCUT2D eigenvalue weighted by molar-refractivity contribution is 7.10. The number of benzene rings is 1. The molecule has 2 aromatic rings. The van der Waals surface area contributed by atoms with Crippen LogP contribution in [0.15, 0.2) is 35.7 Å². The fourth-order valence-corrected chi connectivity index (χ4v) is 2.40. The first kappa shape index (κ1) is 12.0. The molecule has 4 heteroatoms. The summed E-state index contributed by atoms with van der Waals surface area (Å²) in [6.07, 6.45) is 0. The van der Waals surface area contributed by atoms with E-state index < -0.39 is 0 Å². The maximum atomic E-state index is 6.21. The Bertz CT molecular complexity index is 460. The van der Waals surface area contributed by atoms with Crippen molar-refractivity contribution in [2.24, 2.45) is 5.73 Å². The van der Waals surface area contributed by atoms with Crippen LogP contribution in [0.3, 0.4) is 0 Å². The van der Waals surface area contributed by atoms with E-state index in [4.69, 9.17) is 15.2 Å². The van der Waals surface area contributed by atoms with Gasteiger partial charge in [0.25, 0.3) is 0 Å². The van der Waals surface area contributed by atoms with Crippen molar-refractivity contribution >= 4 is 11.3 Å². The van der Waals surface area contributed by atoms with E-state index in [0.717, 1.165) is 21.9 Å². The standard InChI is InChI=1S/C13H15NO2S/c1-15-10-6-9(7-11(8-10)16-2)13(14)12-4-3-5-17-12/h3-8,13H,14H2,1-2H3/t13-/m1/s1. The fourth-order valence-electron chi connectivity index (χ4n) is 1.64. The lowest BCUT2D eigenvalue weighted by Crippen LogP contribution is -2.10. The van der Waals surface area contributed by atoms with Crippen LogP contribution in [0.2, 0.25) is 0 Å². The van der Waals surface area contributed by atoms with Gasteiger partial charge in [-0.3, -0.25) is 0 Å². The molecule has 2 rings (SSSR count). The van der Waals surface area contributed by atoms with Gasteiger partial charge in [-0.15, -0.1) is 11.3 Å². The van der Waals surface area contributed by atoms with Crippen LogP contribution in [0.4, 0.5) is 0 Å². The SMILES string of the molecule is COc1cc(OC)cc([C@@H](N)c2cccs2)c1. The van der Waals surface area contributed by atoms with Gasteiger partial charge in [-0.25, -0.2) is 0 Å². The molecule has 0 radical (unpaired) electrons. The lowest BCUT2D eigenvalue weighted by molar-refractivity contribution is 0.393. The van der Waals surface area contributed by atoms with E-state index >= 15 is 0 Å². The van der Waals surface area contributed by atoms with E-state index in [1.807, 2.05) is 35.7 Å². The zero-order valence-electron chi connectivity index (χ0n) is 9.84. The van der Waals surface area contributed by atoms with Crippen molar-refractivity contribution in [1.82, 2.24) is 0 Å². The first-order chi connectivity index (χ1) is 8.24. The molecule has 17 heavy (non-hydrogen) atoms. The molecule has 0 saturated carbocycles. The minimum atomic E-state index is -0.140. The maximum absolute atomic E-state index is 6.21. The second kappa shape index (κ2) is 5.21. The third-order valence-corrected chi connectivity index (χ3v) is 3.54. The molecule has 90 valence electrons. The average Bonchev–Trinajstić information content (AvgIpc) is 2.91. The van der Waals surface area contributed by atoms with Gasteiger partial charge in [-0.2, -0.15) is 0 Å². The van der Waals surface area contributed by atoms with E-state index in [0.29, 0.717) is 0 Å². The second-order valence-electron chi connectivity index (χ2n) is 3.64. The Hall–Kier alpha value is -1.52. The summed E-state index contributed by atoms with van der Waals surface area (Å²) in [6, 6.07) is 9.60. The molecule has 1 atom stereocenters. The molecule has 3 nitrogen and oxygen atoms in total. The number of hydrogen-bond acceptors (Lipinski definition) is 4. The molecule has 0 bridgehead atoms. The van der Waals surface area contributed by atoms with Crippen molar-refractivity contribution in [3.05, 3.63) is 46.2 Å². The Morgan fingerprint density at radius 3 is 2.24 bits per heavy atom. The van der Waals surface area contributed by atoms with Gasteiger partial charge in [0.1, 0.15) is 11.5 Å². The highest BCUT2D eigenvalue weighted by Crippen LogP contribution is 2.30. The number of thiophene rings is 1. The molecular formula is C13H15NO2S. The van der Waals surface area contributed by atoms with Gasteiger partial charge in [0.2, 0.25) is 0 Å². The van der Waals surface area contributed by atoms with Gasteiger partial charge in [0, 0.05) is 10.9 Å². The molecule has 0 amide bonds. The lowest BCUT2D eigenvalue weighted by Gasteiger charge is -2.13. The van der Waals surface area contributed by atoms with Crippen LogP contribution in [-0.2, 0) is 0 Å². The summed E-state index contributed by atoms with van der Waals surface area (Å²) < 4.78 is 10.5. The molecule has 0 aliphatic rings. The Morgan fingerprint density at radius 1 is 1.12 bits per heavy atom. The summed E-state index contributed by atoms with van der Waals surface area (Å²) in [6.45, 7) is 0. The molecule has 1 aromatic heterocycles. The number of methoxy groups -OCH3 is 2. The highest BCUT2D eigenvalue weighted by atomic mass is 32.1. The minimum Gasteiger partial charge on any atom is -0.497 e. The molecule has 1 heterocycles. The quantitative estimate of drug-likeness (QED) is 0.906. The number of rotatable bonds is 4. The molecule has 1 aromatic carbocycles. The molecule has 0 aliphatic heterocycles. The monoisotopic (exact) mass is 249 g/mol. The fraction of sp³-hybridized carbons (Fsp3) is 0.231. The van der Waals surface area contributed by atoms with Gasteiger partial charge in [0.15, 0.2) is 0 Å². The number of hydrogen-bond donors (Lipinski definition) is 1. The predicted octanol–water partition coefficient (Wildman–Crippen LogP) is 2.81. The van der Waals surface area contributed by atoms with E-state index in [-0.39, 0.29) is 6.04 Å². The van der Waals surface area contributed by atoms with Crippen LogP contribution in [0.1, 0.15) is 16.5 Å². The van der Waals surface area contributed by atoms with Crippen LogP contribution in [0.5, 0.6) is 11.5 Å². The van der Waals surface area contributed by atoms with E-state index in [1.54, 1.807) is 25.6 Å². The van der Waals surface area contributed by atoms with Crippen molar-refractivity contribution in [2.45, 2.75) is 6.04 Å². The zero-order chi connectivity index (χ0) is 12.3. The summed E-state index contributed by atoms with van der Waals surface area (Å²) in [5.41, 5.74) is 7.20. The summed E-state index contributed by atoms with van der Waals surface area (Å²) in [4.78, 5) is 1.13. The van der Waals surface area contributed by atoms with Crippen LogP contribution >= 0.6 is 11.3 Å². The lowest BCUT2D eigenvalue weighted by atomic mass is 10.1. The Kier molecular flexibility index (Phi) is 3.66. The molecule has 0 saturated heterocycles. The van der Waals surface area contributed by atoms with Crippen molar-refractivity contribution in [2.75, 3.05) is 14.2 Å². The third-order valence-electron chi connectivity index (χ3n) is 2.58. The van der Waals surface area contributed by atoms with Gasteiger partial charge in [0.05, 0.1) is 20.3 Å². The molecule has 0 fully saturated rings. The Labute approximate surface area is 105 Å². The van der Waals surface area contributed by atoms with Crippen LogP contribution in [0.25, 0.3) is 0 Å². The second-order valence-corrected chi connectivity index (χ2v) is 4.62. The van der Waals surface area contributed by atoms with Gasteiger partial charge in [-0.1, -0.05) is 6.07 Å². The van der Waals surface area contributed by atoms with Crippen LogP contribution in [-0.4, -0.2) is 14.2 Å². The van der Waals surface area contributed by atoms with Gasteiger partial charge < -0.3 is 15.2 Å². The number of ether oxygens (including phenoxy) is 2. The molecular weight excluding hydrogens is 234 g/mol. The minimum absolute atomic E-state index is 0.140. The highest BCUT2D eigenvalue weighted by Gasteiger charge is 2.12. The largest absolute Gasteiger partial charge is 0.497 e. The summed E-state index contributed by atoms with van der Waals surface area (Å²) in [5, 5.41) is 2.02. The molecule has 2 N–H and O–H groups in total. The molecule has 0 aliphatic carbocycles. The Balaban J connectivity index is 2.37. The van der Waals surface area contributed by atoms with Gasteiger partial charge >= 0.3 is 0 Å². The smallest absolute Gasteiger partial charge is 0.122 e. The Morgan fingerprint density at radius 2 is 1.76 bits per heavy atom. The van der Waals surface area contributed by atoms with Crippen LogP contribution < -0.4 is 15.2 Å². The average molecular weight is 249 g/mol. The topological polar surface area (TPSA) is 44.5 Å². The summed E-state index contributed by atoms with van der Waals surface area (Å²) in [5.74, 6) is 1.51. The van der Waals surface area contributed by atoms with E-state index in [2.05, 4.69) is 0 Å².